The van der Waals surface area contributed by atoms with Crippen molar-refractivity contribution in [3.63, 3.8) is 0 Å². The fourth-order valence-corrected chi connectivity index (χ4v) is 3.56. The van der Waals surface area contributed by atoms with Crippen LogP contribution in [0.3, 0.4) is 0 Å². The average molecular weight is 333 g/mol. The van der Waals surface area contributed by atoms with E-state index in [0.29, 0.717) is 26.1 Å². The largest absolute Gasteiger partial charge is 0.494 e. The van der Waals surface area contributed by atoms with Crippen molar-refractivity contribution in [2.75, 3.05) is 33.4 Å². The number of carbonyl (C=O) groups excluding carboxylic acids is 1. The maximum atomic E-state index is 12.4. The van der Waals surface area contributed by atoms with Gasteiger partial charge in [0.15, 0.2) is 0 Å². The van der Waals surface area contributed by atoms with Crippen LogP contribution in [-0.2, 0) is 20.7 Å². The number of aryl methyl sites for hydroxylation is 1. The molecule has 5 nitrogen and oxygen atoms in total. The van der Waals surface area contributed by atoms with Crippen molar-refractivity contribution in [1.82, 2.24) is 4.90 Å². The second-order valence-corrected chi connectivity index (χ2v) is 6.71. The third-order valence-corrected chi connectivity index (χ3v) is 4.95. The van der Waals surface area contributed by atoms with E-state index in [9.17, 15) is 4.79 Å². The number of likely N-dealkylation sites (tertiary alicyclic amines) is 1. The molecule has 2 aliphatic rings. The number of nitrogens with zero attached hydrogens (tertiary/aromatic N) is 1. The van der Waals surface area contributed by atoms with Gasteiger partial charge in [-0.1, -0.05) is 12.1 Å². The number of ether oxygens (including phenoxy) is 3. The van der Waals surface area contributed by atoms with Crippen LogP contribution in [0.25, 0.3) is 0 Å². The Labute approximate surface area is 143 Å². The summed E-state index contributed by atoms with van der Waals surface area (Å²) in [5.41, 5.74) is 1.00. The Morgan fingerprint density at radius 2 is 2.08 bits per heavy atom. The van der Waals surface area contributed by atoms with E-state index in [2.05, 4.69) is 0 Å². The number of hydrogen-bond acceptors (Lipinski definition) is 4. The summed E-state index contributed by atoms with van der Waals surface area (Å²) >= 11 is 0. The zero-order valence-corrected chi connectivity index (χ0v) is 14.6. The lowest BCUT2D eigenvalue weighted by Crippen LogP contribution is -2.67. The first-order chi connectivity index (χ1) is 11.6. The van der Waals surface area contributed by atoms with Crippen LogP contribution in [0.4, 0.5) is 0 Å². The van der Waals surface area contributed by atoms with Gasteiger partial charge in [-0.05, 0) is 37.5 Å². The number of rotatable bonds is 6. The highest BCUT2D eigenvalue weighted by atomic mass is 16.5. The fraction of sp³-hybridized carbons (Fsp3) is 0.632. The van der Waals surface area contributed by atoms with E-state index in [0.717, 1.165) is 37.2 Å². The molecule has 0 radical (unpaired) electrons. The van der Waals surface area contributed by atoms with E-state index in [4.69, 9.17) is 14.2 Å². The summed E-state index contributed by atoms with van der Waals surface area (Å²) in [6, 6.07) is 7.98. The van der Waals surface area contributed by atoms with Gasteiger partial charge in [-0.3, -0.25) is 4.79 Å². The predicted octanol–water partition coefficient (Wildman–Crippen LogP) is 2.42. The van der Waals surface area contributed by atoms with Crippen LogP contribution in [0.1, 0.15) is 31.7 Å². The topological polar surface area (TPSA) is 48.0 Å². The minimum Gasteiger partial charge on any atom is -0.494 e. The van der Waals surface area contributed by atoms with Crippen LogP contribution in [0.15, 0.2) is 24.3 Å². The molecule has 0 bridgehead atoms. The van der Waals surface area contributed by atoms with Gasteiger partial charge in [-0.2, -0.15) is 0 Å². The van der Waals surface area contributed by atoms with Crippen molar-refractivity contribution in [3.05, 3.63) is 29.8 Å². The molecule has 1 amide bonds. The summed E-state index contributed by atoms with van der Waals surface area (Å²) < 4.78 is 16.8. The van der Waals surface area contributed by atoms with Crippen molar-refractivity contribution >= 4 is 5.91 Å². The van der Waals surface area contributed by atoms with Crippen LogP contribution < -0.4 is 4.74 Å². The second-order valence-electron chi connectivity index (χ2n) is 6.71. The molecular formula is C19H27NO4. The highest BCUT2D eigenvalue weighted by Gasteiger charge is 2.49. The molecule has 2 saturated heterocycles. The van der Waals surface area contributed by atoms with Crippen LogP contribution in [0, 0.1) is 0 Å². The minimum absolute atomic E-state index is 0.159. The summed E-state index contributed by atoms with van der Waals surface area (Å²) in [6.07, 6.45) is 3.41. The van der Waals surface area contributed by atoms with Gasteiger partial charge in [0, 0.05) is 26.6 Å². The Balaban J connectivity index is 1.43. The summed E-state index contributed by atoms with van der Waals surface area (Å²) in [5.74, 6) is 1.08. The zero-order valence-electron chi connectivity index (χ0n) is 14.6. The van der Waals surface area contributed by atoms with Crippen molar-refractivity contribution in [2.24, 2.45) is 0 Å². The number of benzene rings is 1. The van der Waals surface area contributed by atoms with E-state index >= 15 is 0 Å². The second kappa shape index (κ2) is 7.53. The molecule has 3 rings (SSSR count). The molecule has 1 aromatic carbocycles. The van der Waals surface area contributed by atoms with Crippen LogP contribution in [0.2, 0.25) is 0 Å². The number of carbonyl (C=O) groups is 1. The average Bonchev–Trinajstić information content (AvgIpc) is 2.59. The van der Waals surface area contributed by atoms with Gasteiger partial charge in [0.25, 0.3) is 0 Å². The molecule has 1 unspecified atom stereocenters. The normalized spacial score (nSPS) is 22.2. The van der Waals surface area contributed by atoms with Crippen LogP contribution >= 0.6 is 0 Å². The number of hydrogen-bond donors (Lipinski definition) is 0. The molecular weight excluding hydrogens is 306 g/mol. The first-order valence-electron chi connectivity index (χ1n) is 8.80. The van der Waals surface area contributed by atoms with Gasteiger partial charge in [0.05, 0.1) is 25.8 Å². The molecule has 2 fully saturated rings. The molecule has 0 N–H and O–H groups in total. The number of amides is 1. The molecule has 0 saturated carbocycles. The zero-order chi connectivity index (χ0) is 17.0. The summed E-state index contributed by atoms with van der Waals surface area (Å²) in [5, 5.41) is 0. The monoisotopic (exact) mass is 333 g/mol. The Kier molecular flexibility index (Phi) is 5.41. The summed E-state index contributed by atoms with van der Waals surface area (Å²) in [7, 11) is 1.75. The molecule has 1 atom stereocenters. The van der Waals surface area contributed by atoms with Gasteiger partial charge in [0.1, 0.15) is 11.4 Å². The Morgan fingerprint density at radius 1 is 1.33 bits per heavy atom. The standard InChI is InChI=1S/C19H27NO4/c1-3-23-16-7-4-15(5-8-16)6-9-18(21)20-13-19(14-20)12-17(22-2)10-11-24-19/h4-5,7-8,17H,3,6,9-14H2,1-2H3. The molecule has 1 aromatic rings. The smallest absolute Gasteiger partial charge is 0.223 e. The molecule has 24 heavy (non-hydrogen) atoms. The molecule has 2 aliphatic heterocycles. The van der Waals surface area contributed by atoms with Gasteiger partial charge >= 0.3 is 0 Å². The van der Waals surface area contributed by atoms with E-state index in [1.54, 1.807) is 7.11 Å². The van der Waals surface area contributed by atoms with E-state index in [-0.39, 0.29) is 17.6 Å². The van der Waals surface area contributed by atoms with Crippen molar-refractivity contribution < 1.29 is 19.0 Å². The molecule has 0 aromatic heterocycles. The van der Waals surface area contributed by atoms with Crippen LogP contribution in [-0.4, -0.2) is 55.9 Å². The van der Waals surface area contributed by atoms with Gasteiger partial charge in [-0.25, -0.2) is 0 Å². The highest BCUT2D eigenvalue weighted by Crippen LogP contribution is 2.35. The SMILES string of the molecule is CCOc1ccc(CCC(=O)N2CC3(CC(OC)CCO3)C2)cc1. The first-order valence-corrected chi connectivity index (χ1v) is 8.80. The lowest BCUT2D eigenvalue weighted by molar-refractivity contribution is -0.198. The summed E-state index contributed by atoms with van der Waals surface area (Å²) in [4.78, 5) is 14.3. The van der Waals surface area contributed by atoms with E-state index < -0.39 is 0 Å². The van der Waals surface area contributed by atoms with E-state index in [1.807, 2.05) is 36.1 Å². The minimum atomic E-state index is -0.159. The third kappa shape index (κ3) is 3.90. The summed E-state index contributed by atoms with van der Waals surface area (Å²) in [6.45, 7) is 4.77. The lowest BCUT2D eigenvalue weighted by Gasteiger charge is -2.53. The first kappa shape index (κ1) is 17.2. The maximum Gasteiger partial charge on any atom is 0.223 e. The Morgan fingerprint density at radius 3 is 2.75 bits per heavy atom. The molecule has 0 aliphatic carbocycles. The van der Waals surface area contributed by atoms with Gasteiger partial charge < -0.3 is 19.1 Å². The van der Waals surface area contributed by atoms with Gasteiger partial charge in [-0.15, -0.1) is 0 Å². The Bertz CT molecular complexity index is 551. The predicted molar refractivity (Wildman–Crippen MR) is 91.2 cm³/mol. The molecule has 1 spiro atoms. The quantitative estimate of drug-likeness (QED) is 0.802. The van der Waals surface area contributed by atoms with Crippen molar-refractivity contribution in [1.29, 1.82) is 0 Å². The number of methoxy groups -OCH3 is 1. The lowest BCUT2D eigenvalue weighted by atomic mass is 9.84. The van der Waals surface area contributed by atoms with Gasteiger partial charge in [0.2, 0.25) is 5.91 Å². The molecule has 132 valence electrons. The molecule has 5 heteroatoms. The van der Waals surface area contributed by atoms with Crippen molar-refractivity contribution in [2.45, 2.75) is 44.3 Å². The fourth-order valence-electron chi connectivity index (χ4n) is 3.56. The van der Waals surface area contributed by atoms with Crippen LogP contribution in [0.5, 0.6) is 5.75 Å². The Hall–Kier alpha value is -1.59. The highest BCUT2D eigenvalue weighted by molar-refractivity contribution is 5.77. The van der Waals surface area contributed by atoms with E-state index in [1.165, 1.54) is 0 Å². The van der Waals surface area contributed by atoms with Crippen molar-refractivity contribution in [3.8, 4) is 5.75 Å². The third-order valence-electron chi connectivity index (χ3n) is 4.95. The molecule has 2 heterocycles. The maximum absolute atomic E-state index is 12.4.